The van der Waals surface area contributed by atoms with Crippen LogP contribution >= 0.6 is 0 Å². The van der Waals surface area contributed by atoms with Crippen molar-refractivity contribution in [3.05, 3.63) is 18.0 Å². The maximum Gasteiger partial charge on any atom is 0.435 e. The van der Waals surface area contributed by atoms with Gasteiger partial charge in [0.25, 0.3) is 0 Å². The van der Waals surface area contributed by atoms with Crippen LogP contribution in [-0.4, -0.2) is 56.8 Å². The van der Waals surface area contributed by atoms with E-state index in [1.807, 2.05) is 0 Å². The quantitative estimate of drug-likeness (QED) is 0.794. The molecule has 7 nitrogen and oxygen atoms in total. The molecule has 2 rings (SSSR count). The van der Waals surface area contributed by atoms with E-state index in [0.717, 1.165) is 16.9 Å². The molecule has 1 aliphatic rings. The molecule has 0 unspecified atom stereocenters. The zero-order valence-electron chi connectivity index (χ0n) is 11.7. The fourth-order valence-corrected chi connectivity index (χ4v) is 2.23. The van der Waals surface area contributed by atoms with Crippen molar-refractivity contribution in [1.82, 2.24) is 20.0 Å². The molecule has 2 amide bonds. The van der Waals surface area contributed by atoms with E-state index in [-0.39, 0.29) is 25.5 Å². The number of aliphatic hydroxyl groups is 1. The molecule has 22 heavy (non-hydrogen) atoms. The van der Waals surface area contributed by atoms with Gasteiger partial charge in [-0.05, 0) is 6.07 Å². The van der Waals surface area contributed by atoms with E-state index in [1.54, 1.807) is 0 Å². The van der Waals surface area contributed by atoms with Gasteiger partial charge in [-0.15, -0.1) is 0 Å². The molecule has 0 radical (unpaired) electrons. The number of aliphatic hydroxyl groups excluding tert-OH is 1. The lowest BCUT2D eigenvalue weighted by molar-refractivity contribution is -0.142. The number of aromatic nitrogens is 2. The Labute approximate surface area is 123 Å². The van der Waals surface area contributed by atoms with Crippen LogP contribution in [0, 0.1) is 0 Å². The van der Waals surface area contributed by atoms with Gasteiger partial charge >= 0.3 is 6.18 Å². The van der Waals surface area contributed by atoms with Crippen LogP contribution < -0.4 is 5.32 Å². The number of likely N-dealkylation sites (tertiary alicyclic amines) is 1. The van der Waals surface area contributed by atoms with Gasteiger partial charge in [-0.1, -0.05) is 0 Å². The third-order valence-electron chi connectivity index (χ3n) is 3.26. The first-order chi connectivity index (χ1) is 10.2. The number of hydrogen-bond acceptors (Lipinski definition) is 4. The molecule has 1 aromatic rings. The average Bonchev–Trinajstić information content (AvgIpc) is 2.96. The highest BCUT2D eigenvalue weighted by Gasteiger charge is 2.36. The van der Waals surface area contributed by atoms with Crippen LogP contribution in [0.3, 0.4) is 0 Å². The SMILES string of the molecule is CC(=O)N[C@@H]1CN(C(=O)Cn2ccc(C(F)(F)F)n2)C[C@H]1O. The summed E-state index contributed by atoms with van der Waals surface area (Å²) >= 11 is 0. The van der Waals surface area contributed by atoms with Crippen LogP contribution in [0.2, 0.25) is 0 Å². The van der Waals surface area contributed by atoms with E-state index < -0.39 is 29.9 Å². The number of β-amino-alcohol motifs (C(OH)–C–C–N with tert-alkyl or cyclic N) is 1. The standard InChI is InChI=1S/C12H15F3N4O3/c1-7(20)16-8-4-18(5-9(8)21)11(22)6-19-3-2-10(17-19)12(13,14)15/h2-3,8-9,21H,4-6H2,1H3,(H,16,20)/t8-,9-/m1/s1. The predicted molar refractivity (Wildman–Crippen MR) is 67.4 cm³/mol. The summed E-state index contributed by atoms with van der Waals surface area (Å²) in [4.78, 5) is 24.3. The maximum absolute atomic E-state index is 12.4. The second-order valence-corrected chi connectivity index (χ2v) is 5.07. The molecule has 0 bridgehead atoms. The molecule has 122 valence electrons. The lowest BCUT2D eigenvalue weighted by Crippen LogP contribution is -2.42. The van der Waals surface area contributed by atoms with E-state index in [2.05, 4.69) is 10.4 Å². The van der Waals surface area contributed by atoms with Crippen LogP contribution in [0.1, 0.15) is 12.6 Å². The Morgan fingerprint density at radius 1 is 1.45 bits per heavy atom. The van der Waals surface area contributed by atoms with Crippen molar-refractivity contribution in [2.75, 3.05) is 13.1 Å². The Morgan fingerprint density at radius 3 is 2.68 bits per heavy atom. The minimum Gasteiger partial charge on any atom is -0.389 e. The van der Waals surface area contributed by atoms with Gasteiger partial charge in [-0.25, -0.2) is 0 Å². The molecule has 10 heteroatoms. The van der Waals surface area contributed by atoms with Crippen molar-refractivity contribution in [2.45, 2.75) is 31.8 Å². The molecule has 1 aromatic heterocycles. The van der Waals surface area contributed by atoms with Gasteiger partial charge in [-0.2, -0.15) is 18.3 Å². The van der Waals surface area contributed by atoms with Gasteiger partial charge in [0.2, 0.25) is 11.8 Å². The van der Waals surface area contributed by atoms with Crippen molar-refractivity contribution in [3.63, 3.8) is 0 Å². The van der Waals surface area contributed by atoms with Crippen LogP contribution in [0.25, 0.3) is 0 Å². The zero-order valence-corrected chi connectivity index (χ0v) is 11.7. The fourth-order valence-electron chi connectivity index (χ4n) is 2.23. The van der Waals surface area contributed by atoms with Crippen LogP contribution in [-0.2, 0) is 22.3 Å². The van der Waals surface area contributed by atoms with Crippen LogP contribution in [0.4, 0.5) is 13.2 Å². The zero-order chi connectivity index (χ0) is 16.5. The van der Waals surface area contributed by atoms with Gasteiger partial charge in [0.15, 0.2) is 5.69 Å². The molecular formula is C12H15F3N4O3. The molecule has 2 N–H and O–H groups in total. The number of halogens is 3. The number of carbonyl (C=O) groups excluding carboxylic acids is 2. The maximum atomic E-state index is 12.4. The summed E-state index contributed by atoms with van der Waals surface area (Å²) < 4.78 is 38.1. The first-order valence-electron chi connectivity index (χ1n) is 6.50. The summed E-state index contributed by atoms with van der Waals surface area (Å²) in [5, 5.41) is 15.6. The van der Waals surface area contributed by atoms with Crippen molar-refractivity contribution >= 4 is 11.8 Å². The second kappa shape index (κ2) is 5.95. The van der Waals surface area contributed by atoms with Crippen LogP contribution in [0.15, 0.2) is 12.3 Å². The molecule has 0 spiro atoms. The van der Waals surface area contributed by atoms with E-state index in [0.29, 0.717) is 0 Å². The van der Waals surface area contributed by atoms with E-state index in [9.17, 15) is 27.9 Å². The van der Waals surface area contributed by atoms with Crippen molar-refractivity contribution < 1.29 is 27.9 Å². The number of nitrogens with one attached hydrogen (secondary N) is 1. The Morgan fingerprint density at radius 2 is 2.14 bits per heavy atom. The molecule has 0 aromatic carbocycles. The summed E-state index contributed by atoms with van der Waals surface area (Å²) in [6.45, 7) is 1.04. The molecule has 2 atom stereocenters. The van der Waals surface area contributed by atoms with Gasteiger partial charge in [0.1, 0.15) is 6.54 Å². The largest absolute Gasteiger partial charge is 0.435 e. The smallest absolute Gasteiger partial charge is 0.389 e. The van der Waals surface area contributed by atoms with Gasteiger partial charge in [0, 0.05) is 26.2 Å². The lowest BCUT2D eigenvalue weighted by Gasteiger charge is -2.16. The Bertz CT molecular complexity index is 572. The summed E-state index contributed by atoms with van der Waals surface area (Å²) in [5.74, 6) is -0.816. The minimum absolute atomic E-state index is 0.0111. The minimum atomic E-state index is -4.56. The number of nitrogens with zero attached hydrogens (tertiary/aromatic N) is 3. The topological polar surface area (TPSA) is 87.5 Å². The second-order valence-electron chi connectivity index (χ2n) is 5.07. The van der Waals surface area contributed by atoms with Crippen molar-refractivity contribution in [3.8, 4) is 0 Å². The van der Waals surface area contributed by atoms with E-state index >= 15 is 0 Å². The molecule has 1 fully saturated rings. The third-order valence-corrected chi connectivity index (χ3v) is 3.26. The molecule has 1 aliphatic heterocycles. The highest BCUT2D eigenvalue weighted by molar-refractivity contribution is 5.77. The normalized spacial score (nSPS) is 22.0. The number of alkyl halides is 3. The fraction of sp³-hybridized carbons (Fsp3) is 0.583. The van der Waals surface area contributed by atoms with Gasteiger partial charge in [-0.3, -0.25) is 14.3 Å². The Hall–Kier alpha value is -2.10. The Kier molecular flexibility index (Phi) is 4.40. The summed E-state index contributed by atoms with van der Waals surface area (Å²) in [7, 11) is 0. The summed E-state index contributed by atoms with van der Waals surface area (Å²) in [6, 6.07) is 0.205. The average molecular weight is 320 g/mol. The number of amides is 2. The number of carbonyl (C=O) groups is 2. The number of rotatable bonds is 3. The molecule has 0 saturated carbocycles. The van der Waals surface area contributed by atoms with Crippen molar-refractivity contribution in [2.24, 2.45) is 0 Å². The third kappa shape index (κ3) is 3.75. The van der Waals surface area contributed by atoms with Gasteiger partial charge in [0.05, 0.1) is 12.1 Å². The summed E-state index contributed by atoms with van der Waals surface area (Å²) in [6.07, 6.45) is -4.40. The monoisotopic (exact) mass is 320 g/mol. The van der Waals surface area contributed by atoms with E-state index in [1.165, 1.54) is 11.8 Å². The number of hydrogen-bond donors (Lipinski definition) is 2. The molecule has 2 heterocycles. The molecular weight excluding hydrogens is 305 g/mol. The first-order valence-corrected chi connectivity index (χ1v) is 6.50. The van der Waals surface area contributed by atoms with E-state index in [4.69, 9.17) is 0 Å². The molecule has 1 saturated heterocycles. The predicted octanol–water partition coefficient (Wildman–Crippen LogP) is -0.390. The van der Waals surface area contributed by atoms with Crippen LogP contribution in [0.5, 0.6) is 0 Å². The lowest BCUT2D eigenvalue weighted by atomic mass is 10.2. The Balaban J connectivity index is 1.96. The highest BCUT2D eigenvalue weighted by Crippen LogP contribution is 2.27. The highest BCUT2D eigenvalue weighted by atomic mass is 19.4. The summed E-state index contributed by atoms with van der Waals surface area (Å²) in [5.41, 5.74) is -1.07. The van der Waals surface area contributed by atoms with Gasteiger partial charge < -0.3 is 15.3 Å². The molecule has 0 aliphatic carbocycles. The first kappa shape index (κ1) is 16.3. The van der Waals surface area contributed by atoms with Crippen molar-refractivity contribution in [1.29, 1.82) is 0 Å².